The van der Waals surface area contributed by atoms with Crippen molar-refractivity contribution in [1.29, 1.82) is 0 Å². The van der Waals surface area contributed by atoms with E-state index in [1.165, 1.54) is 6.07 Å². The Morgan fingerprint density at radius 1 is 1.22 bits per heavy atom. The van der Waals surface area contributed by atoms with Crippen LogP contribution in [0.1, 0.15) is 23.0 Å². The molecule has 4 aromatic rings. The molecule has 4 heterocycles. The number of carbonyl (C=O) groups excluding carboxylic acids is 1. The number of benzene rings is 1. The Kier molecular flexibility index (Phi) is 4.97. The smallest absolute Gasteiger partial charge is 0.257 e. The molecule has 1 amide bonds. The van der Waals surface area contributed by atoms with Crippen molar-refractivity contribution in [3.63, 3.8) is 0 Å². The van der Waals surface area contributed by atoms with Gasteiger partial charge < -0.3 is 19.5 Å². The molecule has 0 aliphatic carbocycles. The Morgan fingerprint density at radius 3 is 2.88 bits per heavy atom. The van der Waals surface area contributed by atoms with E-state index in [9.17, 15) is 9.18 Å². The maximum absolute atomic E-state index is 14.4. The van der Waals surface area contributed by atoms with E-state index < -0.39 is 5.82 Å². The summed E-state index contributed by atoms with van der Waals surface area (Å²) in [6.07, 6.45) is 4.99. The number of likely N-dealkylation sites (N-methyl/N-ethyl adjacent to an activating group) is 1. The summed E-state index contributed by atoms with van der Waals surface area (Å²) in [6.45, 7) is 6.74. The van der Waals surface area contributed by atoms with Crippen LogP contribution in [0.25, 0.3) is 16.6 Å². The molecule has 1 fully saturated rings. The van der Waals surface area contributed by atoms with Crippen LogP contribution >= 0.6 is 0 Å². The molecule has 8 nitrogen and oxygen atoms in total. The summed E-state index contributed by atoms with van der Waals surface area (Å²) in [4.78, 5) is 21.9. The van der Waals surface area contributed by atoms with Crippen LogP contribution in [0, 0.1) is 12.7 Å². The van der Waals surface area contributed by atoms with Gasteiger partial charge in [-0.3, -0.25) is 4.79 Å². The van der Waals surface area contributed by atoms with Gasteiger partial charge in [0.05, 0.1) is 23.1 Å². The number of rotatable bonds is 3. The summed E-state index contributed by atoms with van der Waals surface area (Å²) in [6, 6.07) is 7.31. The second kappa shape index (κ2) is 7.83. The predicted octanol–water partition coefficient (Wildman–Crippen LogP) is 3.12. The highest BCUT2D eigenvalue weighted by Gasteiger charge is 2.24. The van der Waals surface area contributed by atoms with Crippen LogP contribution in [0.5, 0.6) is 0 Å². The summed E-state index contributed by atoms with van der Waals surface area (Å²) >= 11 is 0. The van der Waals surface area contributed by atoms with Gasteiger partial charge in [0.1, 0.15) is 5.52 Å². The Hall–Kier alpha value is -3.59. The number of nitrogens with one attached hydrogen (secondary N) is 1. The zero-order valence-electron chi connectivity index (χ0n) is 18.2. The minimum absolute atomic E-state index is 0.225. The summed E-state index contributed by atoms with van der Waals surface area (Å²) in [5.41, 5.74) is 3.21. The van der Waals surface area contributed by atoms with E-state index in [1.807, 2.05) is 12.1 Å². The molecule has 3 aromatic heterocycles. The van der Waals surface area contributed by atoms with Crippen molar-refractivity contribution in [3.05, 3.63) is 59.9 Å². The molecule has 1 aliphatic heterocycles. The Labute approximate surface area is 184 Å². The quantitative estimate of drug-likeness (QED) is 0.535. The second-order valence-corrected chi connectivity index (χ2v) is 8.35. The fraction of sp³-hybridized carbons (Fsp3) is 0.304. The Bertz CT molecular complexity index is 1330. The molecule has 0 radical (unpaired) electrons. The number of hydrogen-bond acceptors (Lipinski definition) is 6. The number of nitrogens with zero attached hydrogens (tertiary/aromatic N) is 6. The topological polar surface area (TPSA) is 78.7 Å². The maximum atomic E-state index is 14.4. The van der Waals surface area contributed by atoms with Crippen molar-refractivity contribution < 1.29 is 9.18 Å². The minimum atomic E-state index is -0.500. The van der Waals surface area contributed by atoms with E-state index in [2.05, 4.69) is 44.3 Å². The number of imidazole rings is 1. The van der Waals surface area contributed by atoms with Crippen LogP contribution in [0.3, 0.4) is 0 Å². The van der Waals surface area contributed by atoms with Crippen molar-refractivity contribution in [3.8, 4) is 0 Å². The molecule has 32 heavy (non-hydrogen) atoms. The molecule has 1 atom stereocenters. The molecule has 5 rings (SSSR count). The van der Waals surface area contributed by atoms with Crippen LogP contribution in [-0.2, 0) is 0 Å². The Balaban J connectivity index is 1.49. The number of carbonyl (C=O) groups is 1. The van der Waals surface area contributed by atoms with E-state index in [-0.39, 0.29) is 11.6 Å². The number of amides is 1. The third kappa shape index (κ3) is 3.54. The number of pyridine rings is 1. The monoisotopic (exact) mass is 433 g/mol. The standard InChI is InChI=1S/C23H24FN7O/c1-14-11-31-13-16(10-19(24)22(31)26-14)27-23(32)18-4-5-20(17-6-7-25-28-21(17)18)30-9-8-29(3)15(2)12-30/h4-7,10-11,13,15H,8-9,12H2,1-3H3,(H,27,32)/t15-/m0/s1. The lowest BCUT2D eigenvalue weighted by molar-refractivity contribution is 0.102. The third-order valence-corrected chi connectivity index (χ3v) is 6.09. The fourth-order valence-electron chi connectivity index (χ4n) is 4.24. The molecule has 9 heteroatoms. The summed E-state index contributed by atoms with van der Waals surface area (Å²) < 4.78 is 16.0. The lowest BCUT2D eigenvalue weighted by Crippen LogP contribution is -2.50. The number of aromatic nitrogens is 4. The van der Waals surface area contributed by atoms with Gasteiger partial charge in [-0.2, -0.15) is 5.10 Å². The number of hydrogen-bond donors (Lipinski definition) is 1. The molecule has 0 saturated carbocycles. The first-order chi connectivity index (χ1) is 15.4. The van der Waals surface area contributed by atoms with Gasteiger partial charge in [-0.05, 0) is 39.1 Å². The van der Waals surface area contributed by atoms with E-state index in [0.29, 0.717) is 28.5 Å². The highest BCUT2D eigenvalue weighted by molar-refractivity contribution is 6.13. The first-order valence-corrected chi connectivity index (χ1v) is 10.6. The predicted molar refractivity (Wildman–Crippen MR) is 122 cm³/mol. The highest BCUT2D eigenvalue weighted by Crippen LogP contribution is 2.30. The van der Waals surface area contributed by atoms with E-state index in [4.69, 9.17) is 0 Å². The molecule has 0 bridgehead atoms. The normalized spacial score (nSPS) is 17.2. The average molecular weight is 433 g/mol. The van der Waals surface area contributed by atoms with Crippen molar-refractivity contribution in [2.75, 3.05) is 36.9 Å². The van der Waals surface area contributed by atoms with E-state index in [1.54, 1.807) is 36.0 Å². The van der Waals surface area contributed by atoms with Gasteiger partial charge in [-0.25, -0.2) is 9.37 Å². The van der Waals surface area contributed by atoms with Gasteiger partial charge >= 0.3 is 0 Å². The third-order valence-electron chi connectivity index (χ3n) is 6.09. The molecule has 0 spiro atoms. The molecule has 0 unspecified atom stereocenters. The van der Waals surface area contributed by atoms with Gasteiger partial charge in [-0.15, -0.1) is 5.10 Å². The number of piperazine rings is 1. The van der Waals surface area contributed by atoms with E-state index >= 15 is 0 Å². The first-order valence-electron chi connectivity index (χ1n) is 10.6. The van der Waals surface area contributed by atoms with Gasteiger partial charge in [0, 0.05) is 55.2 Å². The number of anilines is 2. The Morgan fingerprint density at radius 2 is 2.06 bits per heavy atom. The highest BCUT2D eigenvalue weighted by atomic mass is 19.1. The lowest BCUT2D eigenvalue weighted by atomic mass is 10.1. The fourth-order valence-corrected chi connectivity index (χ4v) is 4.24. The molecular weight excluding hydrogens is 409 g/mol. The minimum Gasteiger partial charge on any atom is -0.368 e. The summed E-state index contributed by atoms with van der Waals surface area (Å²) in [5.74, 6) is -0.871. The maximum Gasteiger partial charge on any atom is 0.257 e. The van der Waals surface area contributed by atoms with Gasteiger partial charge in [-0.1, -0.05) is 0 Å². The first kappa shape index (κ1) is 20.3. The largest absolute Gasteiger partial charge is 0.368 e. The van der Waals surface area contributed by atoms with Gasteiger partial charge in [0.15, 0.2) is 11.5 Å². The average Bonchev–Trinajstić information content (AvgIpc) is 3.15. The van der Waals surface area contributed by atoms with Crippen molar-refractivity contribution in [1.82, 2.24) is 24.5 Å². The van der Waals surface area contributed by atoms with Crippen LogP contribution in [0.2, 0.25) is 0 Å². The molecule has 1 N–H and O–H groups in total. The van der Waals surface area contributed by atoms with Crippen LogP contribution < -0.4 is 10.2 Å². The lowest BCUT2D eigenvalue weighted by Gasteiger charge is -2.39. The van der Waals surface area contributed by atoms with E-state index in [0.717, 1.165) is 30.7 Å². The second-order valence-electron chi connectivity index (χ2n) is 8.35. The summed E-state index contributed by atoms with van der Waals surface area (Å²) in [5, 5.41) is 11.9. The zero-order valence-corrected chi connectivity index (χ0v) is 18.2. The SMILES string of the molecule is Cc1cn2cc(NC(=O)c3ccc(N4CCN(C)[C@@H](C)C4)c4ccnnc34)cc(F)c2n1. The zero-order chi connectivity index (χ0) is 22.4. The van der Waals surface area contributed by atoms with Gasteiger partial charge in [0.2, 0.25) is 0 Å². The summed E-state index contributed by atoms with van der Waals surface area (Å²) in [7, 11) is 2.13. The number of fused-ring (bicyclic) bond motifs is 2. The molecule has 164 valence electrons. The molecule has 1 aliphatic rings. The van der Waals surface area contributed by atoms with Crippen molar-refractivity contribution in [2.45, 2.75) is 19.9 Å². The van der Waals surface area contributed by atoms with Crippen molar-refractivity contribution >= 4 is 33.8 Å². The van der Waals surface area contributed by atoms with Crippen LogP contribution in [0.15, 0.2) is 42.9 Å². The molecular formula is C23H24FN7O. The molecule has 1 saturated heterocycles. The van der Waals surface area contributed by atoms with Gasteiger partial charge in [0.25, 0.3) is 5.91 Å². The van der Waals surface area contributed by atoms with Crippen LogP contribution in [-0.4, -0.2) is 63.1 Å². The number of halogens is 1. The van der Waals surface area contributed by atoms with Crippen LogP contribution in [0.4, 0.5) is 15.8 Å². The molecule has 1 aromatic carbocycles. The number of aryl methyl sites for hydroxylation is 1. The van der Waals surface area contributed by atoms with Crippen molar-refractivity contribution in [2.24, 2.45) is 0 Å².